The van der Waals surface area contributed by atoms with Crippen molar-refractivity contribution < 1.29 is 27.9 Å². The Balaban J connectivity index is 0.000000493. The van der Waals surface area contributed by atoms with Gasteiger partial charge in [-0.15, -0.1) is 0 Å². The van der Waals surface area contributed by atoms with Gasteiger partial charge in [-0.3, -0.25) is 9.89 Å². The molecule has 16 heteroatoms. The predicted molar refractivity (Wildman–Crippen MR) is 143 cm³/mol. The van der Waals surface area contributed by atoms with E-state index in [0.29, 0.717) is 35.1 Å². The van der Waals surface area contributed by atoms with Gasteiger partial charge in [0.2, 0.25) is 17.8 Å². The summed E-state index contributed by atoms with van der Waals surface area (Å²) >= 11 is 0. The van der Waals surface area contributed by atoms with Crippen LogP contribution in [0.2, 0.25) is 0 Å². The highest BCUT2D eigenvalue weighted by atomic mass is 19.4. The van der Waals surface area contributed by atoms with Gasteiger partial charge in [0, 0.05) is 25.7 Å². The van der Waals surface area contributed by atoms with Crippen molar-refractivity contribution in [3.05, 3.63) is 66.1 Å². The molecule has 3 heterocycles. The van der Waals surface area contributed by atoms with Crippen molar-refractivity contribution in [1.82, 2.24) is 40.0 Å². The van der Waals surface area contributed by atoms with Crippen LogP contribution in [0.3, 0.4) is 0 Å². The number of halogens is 3. The Morgan fingerprint density at radius 2 is 1.63 bits per heavy atom. The molecule has 2 aromatic carbocycles. The third kappa shape index (κ3) is 6.55. The van der Waals surface area contributed by atoms with Gasteiger partial charge in [0.05, 0.1) is 17.2 Å². The van der Waals surface area contributed by atoms with Crippen LogP contribution in [-0.2, 0) is 4.79 Å². The summed E-state index contributed by atoms with van der Waals surface area (Å²) in [5, 5.41) is 22.9. The second kappa shape index (κ2) is 11.7. The molecule has 5 N–H and O–H groups in total. The van der Waals surface area contributed by atoms with Crippen molar-refractivity contribution in [3.63, 3.8) is 0 Å². The number of hydrogen-bond acceptors (Lipinski definition) is 9. The lowest BCUT2D eigenvalue weighted by molar-refractivity contribution is -0.192. The highest BCUT2D eigenvalue weighted by molar-refractivity contribution is 5.94. The van der Waals surface area contributed by atoms with E-state index in [2.05, 4.69) is 41.1 Å². The molecule has 0 spiro atoms. The second-order valence-corrected chi connectivity index (χ2v) is 8.29. The fourth-order valence-electron chi connectivity index (χ4n) is 3.62. The van der Waals surface area contributed by atoms with Gasteiger partial charge in [0.25, 0.3) is 5.91 Å². The van der Waals surface area contributed by atoms with Crippen molar-refractivity contribution in [3.8, 4) is 17.1 Å². The van der Waals surface area contributed by atoms with E-state index in [4.69, 9.17) is 14.9 Å². The molecule has 0 fully saturated rings. The van der Waals surface area contributed by atoms with E-state index >= 15 is 0 Å². The van der Waals surface area contributed by atoms with Crippen LogP contribution in [0.5, 0.6) is 0 Å². The van der Waals surface area contributed by atoms with E-state index in [1.165, 1.54) is 0 Å². The molecule has 0 aliphatic carbocycles. The third-order valence-electron chi connectivity index (χ3n) is 5.51. The SMILES string of the molecule is CNC(=O)c1ccc(-c2ccc3nc(Nc4ccn[nH]4)n(-c4nc(C)nc(NC)n4)c3c2)cc1.O=C(O)C(F)(F)F. The van der Waals surface area contributed by atoms with E-state index < -0.39 is 12.1 Å². The maximum Gasteiger partial charge on any atom is 0.490 e. The maximum atomic E-state index is 11.9. The van der Waals surface area contributed by atoms with Gasteiger partial charge >= 0.3 is 12.1 Å². The molecule has 0 saturated heterocycles. The average molecular weight is 569 g/mol. The molecule has 0 bridgehead atoms. The number of amides is 1. The second-order valence-electron chi connectivity index (χ2n) is 8.29. The van der Waals surface area contributed by atoms with Gasteiger partial charge in [0.1, 0.15) is 11.6 Å². The lowest BCUT2D eigenvalue weighted by Gasteiger charge is -2.10. The molecule has 3 aromatic heterocycles. The van der Waals surface area contributed by atoms with Crippen molar-refractivity contribution in [2.45, 2.75) is 13.1 Å². The van der Waals surface area contributed by atoms with Gasteiger partial charge in [-0.05, 0) is 42.3 Å². The van der Waals surface area contributed by atoms with E-state index in [1.54, 1.807) is 38.5 Å². The van der Waals surface area contributed by atoms with E-state index in [-0.39, 0.29) is 5.91 Å². The number of hydrogen-bond donors (Lipinski definition) is 5. The molecule has 0 saturated carbocycles. The number of nitrogens with one attached hydrogen (secondary N) is 4. The summed E-state index contributed by atoms with van der Waals surface area (Å²) in [5.41, 5.74) is 4.10. The number of aryl methyl sites for hydroxylation is 1. The number of imidazole rings is 1. The number of nitrogens with zero attached hydrogens (tertiary/aromatic N) is 6. The first kappa shape index (κ1) is 28.5. The largest absolute Gasteiger partial charge is 0.490 e. The Hall–Kier alpha value is -5.54. The van der Waals surface area contributed by atoms with Gasteiger partial charge in [-0.25, -0.2) is 14.3 Å². The number of H-pyrrole nitrogens is 1. The summed E-state index contributed by atoms with van der Waals surface area (Å²) < 4.78 is 33.6. The van der Waals surface area contributed by atoms with Gasteiger partial charge in [-0.2, -0.15) is 33.2 Å². The van der Waals surface area contributed by atoms with Crippen LogP contribution < -0.4 is 16.0 Å². The Morgan fingerprint density at radius 3 is 2.22 bits per heavy atom. The minimum atomic E-state index is -5.08. The number of carbonyl (C=O) groups excluding carboxylic acids is 1. The van der Waals surface area contributed by atoms with Crippen LogP contribution in [0.25, 0.3) is 28.1 Å². The summed E-state index contributed by atoms with van der Waals surface area (Å²) in [6.07, 6.45) is -3.43. The number of aromatic nitrogens is 7. The minimum absolute atomic E-state index is 0.125. The first-order valence-corrected chi connectivity index (χ1v) is 11.8. The summed E-state index contributed by atoms with van der Waals surface area (Å²) in [6, 6.07) is 15.2. The van der Waals surface area contributed by atoms with Crippen molar-refractivity contribution >= 4 is 40.6 Å². The zero-order valence-electron chi connectivity index (χ0n) is 21.8. The molecule has 5 rings (SSSR count). The van der Waals surface area contributed by atoms with Crippen LogP contribution in [0.4, 0.5) is 30.9 Å². The highest BCUT2D eigenvalue weighted by Crippen LogP contribution is 2.30. The Bertz CT molecular complexity index is 1680. The van der Waals surface area contributed by atoms with Gasteiger partial charge < -0.3 is 21.1 Å². The van der Waals surface area contributed by atoms with Crippen LogP contribution in [0.15, 0.2) is 54.7 Å². The highest BCUT2D eigenvalue weighted by Gasteiger charge is 2.38. The van der Waals surface area contributed by atoms with Crippen LogP contribution >= 0.6 is 0 Å². The fraction of sp³-hybridized carbons (Fsp3) is 0.160. The van der Waals surface area contributed by atoms with E-state index in [0.717, 1.165) is 22.2 Å². The lowest BCUT2D eigenvalue weighted by Crippen LogP contribution is -2.21. The number of aromatic amines is 1. The molecule has 13 nitrogen and oxygen atoms in total. The summed E-state index contributed by atoms with van der Waals surface area (Å²) in [4.78, 5) is 39.0. The number of benzene rings is 2. The molecule has 41 heavy (non-hydrogen) atoms. The predicted octanol–water partition coefficient (Wildman–Crippen LogP) is 3.69. The molecule has 0 aliphatic heterocycles. The fourth-order valence-corrected chi connectivity index (χ4v) is 3.62. The first-order chi connectivity index (χ1) is 19.5. The molecule has 5 aromatic rings. The molecule has 0 unspecified atom stereocenters. The van der Waals surface area contributed by atoms with Gasteiger partial charge in [-0.1, -0.05) is 18.2 Å². The standard InChI is InChI=1S/C23H22N10O.C2HF3O2/c1-13-27-21(25-3)31-22(28-13)33-18-12-16(14-4-6-15(7-5-14)20(34)24-2)8-9-17(18)29-23(33)30-19-10-11-26-32-19;3-2(4,5)1(6)7/h4-12H,1-3H3,(H,24,34)(H,25,27,28,31)(H2,26,29,30,32);(H,6,7). The molecule has 212 valence electrons. The van der Waals surface area contributed by atoms with Crippen LogP contribution in [0.1, 0.15) is 16.2 Å². The van der Waals surface area contributed by atoms with Crippen LogP contribution in [-0.4, -0.2) is 72.0 Å². The minimum Gasteiger partial charge on any atom is -0.475 e. The molecule has 0 aliphatic rings. The number of fused-ring (bicyclic) bond motifs is 1. The Kier molecular flexibility index (Phi) is 8.11. The maximum absolute atomic E-state index is 11.9. The summed E-state index contributed by atoms with van der Waals surface area (Å²) in [5.74, 6) is -0.219. The van der Waals surface area contributed by atoms with Crippen molar-refractivity contribution in [2.24, 2.45) is 0 Å². The average Bonchev–Trinajstić information content (AvgIpc) is 3.59. The van der Waals surface area contributed by atoms with Gasteiger partial charge in [0.15, 0.2) is 0 Å². The molecule has 0 atom stereocenters. The number of anilines is 3. The van der Waals surface area contributed by atoms with E-state index in [9.17, 15) is 18.0 Å². The first-order valence-electron chi connectivity index (χ1n) is 11.8. The Morgan fingerprint density at radius 1 is 0.951 bits per heavy atom. The number of carbonyl (C=O) groups is 2. The smallest absolute Gasteiger partial charge is 0.475 e. The number of carboxylic acids is 1. The summed E-state index contributed by atoms with van der Waals surface area (Å²) in [7, 11) is 3.37. The zero-order chi connectivity index (χ0) is 29.7. The number of carboxylic acid groups (broad SMARTS) is 1. The summed E-state index contributed by atoms with van der Waals surface area (Å²) in [6.45, 7) is 1.81. The topological polar surface area (TPSA) is 176 Å². The lowest BCUT2D eigenvalue weighted by atomic mass is 10.0. The molecular formula is C25H23F3N10O3. The number of rotatable bonds is 6. The van der Waals surface area contributed by atoms with Crippen LogP contribution in [0, 0.1) is 6.92 Å². The molecule has 1 amide bonds. The molecule has 0 radical (unpaired) electrons. The van der Waals surface area contributed by atoms with E-state index in [1.807, 2.05) is 41.8 Å². The normalized spacial score (nSPS) is 11.0. The monoisotopic (exact) mass is 568 g/mol. The Labute approximate surface area is 229 Å². The number of alkyl halides is 3. The van der Waals surface area contributed by atoms with Crippen molar-refractivity contribution in [1.29, 1.82) is 0 Å². The molecular weight excluding hydrogens is 545 g/mol. The van der Waals surface area contributed by atoms with Crippen molar-refractivity contribution in [2.75, 3.05) is 24.7 Å². The quantitative estimate of drug-likeness (QED) is 0.203. The zero-order valence-corrected chi connectivity index (χ0v) is 21.8. The number of aliphatic carboxylic acids is 1. The third-order valence-corrected chi connectivity index (χ3v) is 5.51.